The van der Waals surface area contributed by atoms with Crippen LogP contribution in [-0.2, 0) is 0 Å². The first kappa shape index (κ1) is 11.9. The van der Waals surface area contributed by atoms with E-state index in [0.29, 0.717) is 5.92 Å². The van der Waals surface area contributed by atoms with Crippen molar-refractivity contribution in [1.82, 2.24) is 9.88 Å². The fourth-order valence-corrected chi connectivity index (χ4v) is 2.28. The van der Waals surface area contributed by atoms with Gasteiger partial charge >= 0.3 is 0 Å². The Morgan fingerprint density at radius 1 is 1.47 bits per heavy atom. The van der Waals surface area contributed by atoms with Gasteiger partial charge in [0, 0.05) is 18.8 Å². The van der Waals surface area contributed by atoms with Gasteiger partial charge in [0.25, 0.3) is 11.5 Å². The van der Waals surface area contributed by atoms with Crippen molar-refractivity contribution in [3.63, 3.8) is 0 Å². The highest BCUT2D eigenvalue weighted by atomic mass is 16.2. The predicted octanol–water partition coefficient (Wildman–Crippen LogP) is 1.56. The van der Waals surface area contributed by atoms with Crippen LogP contribution >= 0.6 is 0 Å². The maximum absolute atomic E-state index is 12.2. The average Bonchev–Trinajstić information content (AvgIpc) is 2.28. The summed E-state index contributed by atoms with van der Waals surface area (Å²) in [6, 6.07) is 3.39. The molecule has 4 nitrogen and oxygen atoms in total. The van der Waals surface area contributed by atoms with Crippen LogP contribution in [0.4, 0.5) is 0 Å². The number of hydrogen-bond acceptors (Lipinski definition) is 2. The molecule has 0 aliphatic carbocycles. The molecule has 2 heterocycles. The van der Waals surface area contributed by atoms with Gasteiger partial charge in [0.15, 0.2) is 0 Å². The number of piperidine rings is 1. The van der Waals surface area contributed by atoms with Crippen LogP contribution in [0.1, 0.15) is 35.8 Å². The standard InChI is InChI=1S/C13H18N2O2/c1-9-4-3-7-15(8-9)13(17)11-6-5-10(2)14-12(11)16/h5-6,9H,3-4,7-8H2,1-2H3,(H,14,16)/t9-/m1/s1. The first-order valence-corrected chi connectivity index (χ1v) is 6.07. The lowest BCUT2D eigenvalue weighted by Gasteiger charge is -2.30. The van der Waals surface area contributed by atoms with Gasteiger partial charge in [-0.05, 0) is 37.8 Å². The van der Waals surface area contributed by atoms with Crippen molar-refractivity contribution < 1.29 is 4.79 Å². The fourth-order valence-electron chi connectivity index (χ4n) is 2.28. The van der Waals surface area contributed by atoms with E-state index in [1.54, 1.807) is 24.0 Å². The van der Waals surface area contributed by atoms with Crippen molar-refractivity contribution in [3.8, 4) is 0 Å². The molecule has 1 aromatic heterocycles. The molecule has 1 N–H and O–H groups in total. The highest BCUT2D eigenvalue weighted by molar-refractivity contribution is 5.93. The number of amides is 1. The van der Waals surface area contributed by atoms with Crippen molar-refractivity contribution >= 4 is 5.91 Å². The van der Waals surface area contributed by atoms with Gasteiger partial charge < -0.3 is 9.88 Å². The summed E-state index contributed by atoms with van der Waals surface area (Å²) >= 11 is 0. The molecule has 1 aromatic rings. The summed E-state index contributed by atoms with van der Waals surface area (Å²) < 4.78 is 0. The topological polar surface area (TPSA) is 53.2 Å². The van der Waals surface area contributed by atoms with Crippen LogP contribution in [0.5, 0.6) is 0 Å². The van der Waals surface area contributed by atoms with Crippen LogP contribution in [-0.4, -0.2) is 28.9 Å². The molecule has 4 heteroatoms. The van der Waals surface area contributed by atoms with Crippen molar-refractivity contribution in [1.29, 1.82) is 0 Å². The maximum atomic E-state index is 12.2. The van der Waals surface area contributed by atoms with Crippen molar-refractivity contribution in [2.45, 2.75) is 26.7 Å². The first-order valence-electron chi connectivity index (χ1n) is 6.07. The summed E-state index contributed by atoms with van der Waals surface area (Å²) in [4.78, 5) is 28.3. The van der Waals surface area contributed by atoms with E-state index in [1.165, 1.54) is 0 Å². The third kappa shape index (κ3) is 2.57. The first-order chi connectivity index (χ1) is 8.08. The SMILES string of the molecule is Cc1ccc(C(=O)N2CCC[C@@H](C)C2)c(=O)[nH]1. The fraction of sp³-hybridized carbons (Fsp3) is 0.538. The quantitative estimate of drug-likeness (QED) is 0.801. The van der Waals surface area contributed by atoms with Crippen LogP contribution in [0, 0.1) is 12.8 Å². The van der Waals surface area contributed by atoms with E-state index in [4.69, 9.17) is 0 Å². The Morgan fingerprint density at radius 2 is 2.24 bits per heavy atom. The zero-order chi connectivity index (χ0) is 12.4. The summed E-state index contributed by atoms with van der Waals surface area (Å²) in [5, 5.41) is 0. The smallest absolute Gasteiger partial charge is 0.260 e. The van der Waals surface area contributed by atoms with Gasteiger partial charge in [-0.3, -0.25) is 9.59 Å². The van der Waals surface area contributed by atoms with Crippen LogP contribution in [0.15, 0.2) is 16.9 Å². The normalized spacial score (nSPS) is 20.4. The predicted molar refractivity (Wildman–Crippen MR) is 66.1 cm³/mol. The Kier molecular flexibility index (Phi) is 3.31. The molecule has 1 amide bonds. The molecular formula is C13H18N2O2. The van der Waals surface area contributed by atoms with Crippen molar-refractivity contribution in [2.75, 3.05) is 13.1 Å². The van der Waals surface area contributed by atoms with Crippen LogP contribution in [0.2, 0.25) is 0 Å². The van der Waals surface area contributed by atoms with E-state index in [9.17, 15) is 9.59 Å². The number of aryl methyl sites for hydroxylation is 1. The Hall–Kier alpha value is -1.58. The summed E-state index contributed by atoms with van der Waals surface area (Å²) in [6.45, 7) is 5.46. The lowest BCUT2D eigenvalue weighted by molar-refractivity contribution is 0.0681. The number of aromatic amines is 1. The molecule has 0 radical (unpaired) electrons. The number of likely N-dealkylation sites (tertiary alicyclic amines) is 1. The second-order valence-corrected chi connectivity index (χ2v) is 4.88. The molecule has 1 saturated heterocycles. The highest BCUT2D eigenvalue weighted by Gasteiger charge is 2.23. The lowest BCUT2D eigenvalue weighted by Crippen LogP contribution is -2.41. The molecule has 0 aromatic carbocycles. The molecule has 17 heavy (non-hydrogen) atoms. The van der Waals surface area contributed by atoms with E-state index in [2.05, 4.69) is 11.9 Å². The van der Waals surface area contributed by atoms with E-state index in [1.807, 2.05) is 0 Å². The summed E-state index contributed by atoms with van der Waals surface area (Å²) in [7, 11) is 0. The van der Waals surface area contributed by atoms with Gasteiger partial charge in [-0.25, -0.2) is 0 Å². The largest absolute Gasteiger partial charge is 0.338 e. The molecule has 1 aliphatic heterocycles. The molecule has 92 valence electrons. The monoisotopic (exact) mass is 234 g/mol. The van der Waals surface area contributed by atoms with Gasteiger partial charge in [0.1, 0.15) is 5.56 Å². The number of nitrogens with one attached hydrogen (secondary N) is 1. The second-order valence-electron chi connectivity index (χ2n) is 4.88. The number of carbonyl (C=O) groups excluding carboxylic acids is 1. The van der Waals surface area contributed by atoms with Gasteiger partial charge in [-0.15, -0.1) is 0 Å². The van der Waals surface area contributed by atoms with Crippen LogP contribution < -0.4 is 5.56 Å². The van der Waals surface area contributed by atoms with E-state index >= 15 is 0 Å². The van der Waals surface area contributed by atoms with Crippen molar-refractivity contribution in [2.24, 2.45) is 5.92 Å². The minimum atomic E-state index is -0.284. The van der Waals surface area contributed by atoms with Gasteiger partial charge in [0.2, 0.25) is 0 Å². The van der Waals surface area contributed by atoms with Gasteiger partial charge in [0.05, 0.1) is 0 Å². The summed E-state index contributed by atoms with van der Waals surface area (Å²) in [6.07, 6.45) is 2.19. The number of nitrogens with zero attached hydrogens (tertiary/aromatic N) is 1. The zero-order valence-electron chi connectivity index (χ0n) is 10.3. The molecule has 1 aliphatic rings. The number of carbonyl (C=O) groups is 1. The molecule has 0 spiro atoms. The minimum Gasteiger partial charge on any atom is -0.338 e. The Bertz CT molecular complexity index is 479. The number of hydrogen-bond donors (Lipinski definition) is 1. The minimum absolute atomic E-state index is 0.141. The van der Waals surface area contributed by atoms with Gasteiger partial charge in [-0.1, -0.05) is 6.92 Å². The van der Waals surface area contributed by atoms with E-state index in [-0.39, 0.29) is 17.0 Å². The zero-order valence-corrected chi connectivity index (χ0v) is 10.3. The molecule has 1 atom stereocenters. The van der Waals surface area contributed by atoms with Crippen LogP contribution in [0.3, 0.4) is 0 Å². The Labute approximate surface area is 101 Å². The summed E-state index contributed by atoms with van der Waals surface area (Å²) in [5.41, 5.74) is 0.747. The Balaban J connectivity index is 2.22. The van der Waals surface area contributed by atoms with Crippen LogP contribution in [0.25, 0.3) is 0 Å². The highest BCUT2D eigenvalue weighted by Crippen LogP contribution is 2.16. The molecule has 0 bridgehead atoms. The number of H-pyrrole nitrogens is 1. The molecule has 2 rings (SSSR count). The number of pyridine rings is 1. The van der Waals surface area contributed by atoms with Gasteiger partial charge in [-0.2, -0.15) is 0 Å². The second kappa shape index (κ2) is 4.73. The molecular weight excluding hydrogens is 216 g/mol. The lowest BCUT2D eigenvalue weighted by atomic mass is 10.00. The van der Waals surface area contributed by atoms with E-state index in [0.717, 1.165) is 31.6 Å². The van der Waals surface area contributed by atoms with Crippen molar-refractivity contribution in [3.05, 3.63) is 33.7 Å². The van der Waals surface area contributed by atoms with E-state index < -0.39 is 0 Å². The third-order valence-electron chi connectivity index (χ3n) is 3.23. The molecule has 1 fully saturated rings. The third-order valence-corrected chi connectivity index (χ3v) is 3.23. The number of rotatable bonds is 1. The average molecular weight is 234 g/mol. The number of aromatic nitrogens is 1. The maximum Gasteiger partial charge on any atom is 0.260 e. The molecule has 0 saturated carbocycles. The molecule has 0 unspecified atom stereocenters. The Morgan fingerprint density at radius 3 is 2.88 bits per heavy atom. The summed E-state index contributed by atoms with van der Waals surface area (Å²) in [5.74, 6) is 0.384.